The molecule has 0 radical (unpaired) electrons. The van der Waals surface area contributed by atoms with Crippen LogP contribution in [0.3, 0.4) is 0 Å². The van der Waals surface area contributed by atoms with Crippen LogP contribution in [0.2, 0.25) is 0 Å². The van der Waals surface area contributed by atoms with Crippen LogP contribution in [-0.4, -0.2) is 42.0 Å². The Morgan fingerprint density at radius 2 is 2.04 bits per heavy atom. The smallest absolute Gasteiger partial charge is 0.402 e. The Bertz CT molecular complexity index is 577. The monoisotopic (exact) mass is 320 g/mol. The Labute approximate surface area is 135 Å². The molecule has 0 saturated carbocycles. The summed E-state index contributed by atoms with van der Waals surface area (Å²) in [6.45, 7) is 6.95. The van der Waals surface area contributed by atoms with Crippen molar-refractivity contribution in [1.29, 1.82) is 0 Å². The van der Waals surface area contributed by atoms with E-state index in [9.17, 15) is 9.59 Å². The van der Waals surface area contributed by atoms with E-state index in [1.165, 1.54) is 0 Å². The van der Waals surface area contributed by atoms with Gasteiger partial charge in [-0.1, -0.05) is 24.8 Å². The molecule has 0 saturated heterocycles. The van der Waals surface area contributed by atoms with Crippen molar-refractivity contribution in [1.82, 2.24) is 10.6 Å². The Hall–Kier alpha value is -2.16. The molecule has 0 fully saturated rings. The van der Waals surface area contributed by atoms with Crippen LogP contribution in [0.1, 0.15) is 16.7 Å². The van der Waals surface area contributed by atoms with E-state index in [-0.39, 0.29) is 13.0 Å². The number of benzene rings is 1. The number of hydrogen-bond acceptors (Lipinski definition) is 5. The van der Waals surface area contributed by atoms with Crippen molar-refractivity contribution in [2.75, 3.05) is 6.54 Å². The van der Waals surface area contributed by atoms with Crippen LogP contribution in [0.4, 0.5) is 0 Å². The molecule has 0 aliphatic heterocycles. The zero-order chi connectivity index (χ0) is 17.4. The molecule has 4 N–H and O–H groups in total. The summed E-state index contributed by atoms with van der Waals surface area (Å²) in [5, 5.41) is 22.7. The van der Waals surface area contributed by atoms with E-state index in [0.717, 1.165) is 22.8 Å². The van der Waals surface area contributed by atoms with Gasteiger partial charge in [-0.05, 0) is 36.6 Å². The Morgan fingerprint density at radius 3 is 2.61 bits per heavy atom. The number of amides is 2. The summed E-state index contributed by atoms with van der Waals surface area (Å²) < 4.78 is 4.87. The van der Waals surface area contributed by atoms with E-state index in [1.807, 2.05) is 32.0 Å². The molecule has 0 unspecified atom stereocenters. The topological polar surface area (TPSA) is 108 Å². The molecule has 7 nitrogen and oxygen atoms in total. The second-order valence-electron chi connectivity index (χ2n) is 5.06. The molecule has 0 aliphatic rings. The van der Waals surface area contributed by atoms with Gasteiger partial charge >= 0.3 is 7.32 Å². The number of hydrogen-bond donors (Lipinski definition) is 4. The van der Waals surface area contributed by atoms with Crippen LogP contribution in [0, 0.1) is 13.8 Å². The zero-order valence-electron chi connectivity index (χ0n) is 13.2. The largest absolute Gasteiger partial charge is 0.635 e. The van der Waals surface area contributed by atoms with E-state index in [1.54, 1.807) is 0 Å². The van der Waals surface area contributed by atoms with Gasteiger partial charge in [0.2, 0.25) is 11.8 Å². The summed E-state index contributed by atoms with van der Waals surface area (Å²) in [5.41, 5.74) is 3.08. The van der Waals surface area contributed by atoms with E-state index in [4.69, 9.17) is 14.7 Å². The molecule has 0 bridgehead atoms. The summed E-state index contributed by atoms with van der Waals surface area (Å²) in [4.78, 5) is 22.8. The van der Waals surface area contributed by atoms with Gasteiger partial charge in [0.15, 0.2) is 0 Å². The zero-order valence-corrected chi connectivity index (χ0v) is 13.2. The van der Waals surface area contributed by atoms with Crippen LogP contribution in [0.25, 0.3) is 0 Å². The molecule has 1 rings (SSSR count). The lowest BCUT2D eigenvalue weighted by atomic mass is 10.0. The summed E-state index contributed by atoms with van der Waals surface area (Å²) in [7, 11) is -2.02. The predicted molar refractivity (Wildman–Crippen MR) is 86.0 cm³/mol. The standard InChI is InChI=1S/C15H21BN2O5/c1-4-13(19)17-9-14(20)18-15(23-16(21)22)8-12-6-5-10(2)11(3)7-12/h4-7,15,21-22H,1,8-9H2,2-3H3,(H,17,19)(H,18,20)/t15-/m1/s1. The van der Waals surface area contributed by atoms with E-state index in [2.05, 4.69) is 17.2 Å². The lowest BCUT2D eigenvalue weighted by Gasteiger charge is -2.20. The third kappa shape index (κ3) is 7.09. The molecular weight excluding hydrogens is 299 g/mol. The van der Waals surface area contributed by atoms with Crippen molar-refractivity contribution in [2.24, 2.45) is 0 Å². The minimum absolute atomic E-state index is 0.250. The summed E-state index contributed by atoms with van der Waals surface area (Å²) in [5.74, 6) is -0.997. The SMILES string of the molecule is C=CC(=O)NCC(=O)N[C@@H](Cc1ccc(C)c(C)c1)OB(O)O. The first-order chi connectivity index (χ1) is 10.8. The van der Waals surface area contributed by atoms with Gasteiger partial charge < -0.3 is 25.3 Å². The molecule has 0 aliphatic carbocycles. The maximum absolute atomic E-state index is 11.8. The molecular formula is C15H21BN2O5. The van der Waals surface area contributed by atoms with Gasteiger partial charge in [-0.25, -0.2) is 0 Å². The van der Waals surface area contributed by atoms with Crippen molar-refractivity contribution >= 4 is 19.1 Å². The first-order valence-corrected chi connectivity index (χ1v) is 7.09. The minimum atomic E-state index is -2.02. The first kappa shape index (κ1) is 18.9. The van der Waals surface area contributed by atoms with Gasteiger partial charge in [0, 0.05) is 6.42 Å². The molecule has 8 heteroatoms. The molecule has 23 heavy (non-hydrogen) atoms. The fourth-order valence-electron chi connectivity index (χ4n) is 1.89. The molecule has 0 spiro atoms. The number of rotatable bonds is 8. The van der Waals surface area contributed by atoms with E-state index >= 15 is 0 Å². The van der Waals surface area contributed by atoms with Crippen LogP contribution in [0.15, 0.2) is 30.9 Å². The fourth-order valence-corrected chi connectivity index (χ4v) is 1.89. The van der Waals surface area contributed by atoms with Gasteiger partial charge in [0.25, 0.3) is 0 Å². The fraction of sp³-hybridized carbons (Fsp3) is 0.333. The van der Waals surface area contributed by atoms with E-state index in [0.29, 0.717) is 0 Å². The highest BCUT2D eigenvalue weighted by Crippen LogP contribution is 2.12. The maximum Gasteiger partial charge on any atom is 0.635 e. The summed E-state index contributed by atoms with van der Waals surface area (Å²) in [6.07, 6.45) is 0.360. The van der Waals surface area contributed by atoms with Crippen molar-refractivity contribution in [3.63, 3.8) is 0 Å². The molecule has 0 heterocycles. The lowest BCUT2D eigenvalue weighted by Crippen LogP contribution is -2.46. The highest BCUT2D eigenvalue weighted by molar-refractivity contribution is 6.32. The Kier molecular flexibility index (Phi) is 7.47. The normalized spacial score (nSPS) is 11.5. The maximum atomic E-state index is 11.8. The molecule has 1 atom stereocenters. The van der Waals surface area contributed by atoms with Crippen LogP contribution < -0.4 is 10.6 Å². The number of aryl methyl sites for hydroxylation is 2. The van der Waals surface area contributed by atoms with Crippen LogP contribution in [0.5, 0.6) is 0 Å². The molecule has 1 aromatic rings. The van der Waals surface area contributed by atoms with Crippen molar-refractivity contribution < 1.29 is 24.3 Å². The van der Waals surface area contributed by atoms with Gasteiger partial charge in [-0.2, -0.15) is 0 Å². The van der Waals surface area contributed by atoms with Crippen LogP contribution >= 0.6 is 0 Å². The quantitative estimate of drug-likeness (QED) is 0.295. The first-order valence-electron chi connectivity index (χ1n) is 7.09. The van der Waals surface area contributed by atoms with Gasteiger partial charge in [-0.15, -0.1) is 0 Å². The predicted octanol–water partition coefficient (Wildman–Crippen LogP) is -0.423. The minimum Gasteiger partial charge on any atom is -0.402 e. The van der Waals surface area contributed by atoms with Gasteiger partial charge in [0.05, 0.1) is 6.54 Å². The lowest BCUT2D eigenvalue weighted by molar-refractivity contribution is -0.126. The Balaban J connectivity index is 2.67. The third-order valence-electron chi connectivity index (χ3n) is 3.21. The number of carbonyl (C=O) groups excluding carboxylic acids is 2. The molecule has 2 amide bonds. The number of nitrogens with one attached hydrogen (secondary N) is 2. The average Bonchev–Trinajstić information content (AvgIpc) is 2.47. The van der Waals surface area contributed by atoms with Gasteiger partial charge in [-0.3, -0.25) is 9.59 Å². The van der Waals surface area contributed by atoms with Crippen molar-refractivity contribution in [3.8, 4) is 0 Å². The van der Waals surface area contributed by atoms with Crippen molar-refractivity contribution in [3.05, 3.63) is 47.5 Å². The molecule has 1 aromatic carbocycles. The highest BCUT2D eigenvalue weighted by atomic mass is 16.6. The van der Waals surface area contributed by atoms with Gasteiger partial charge in [0.1, 0.15) is 6.23 Å². The summed E-state index contributed by atoms with van der Waals surface area (Å²) >= 11 is 0. The second kappa shape index (κ2) is 9.09. The third-order valence-corrected chi connectivity index (χ3v) is 3.21. The number of carbonyl (C=O) groups is 2. The second-order valence-corrected chi connectivity index (χ2v) is 5.06. The van der Waals surface area contributed by atoms with E-state index < -0.39 is 25.4 Å². The molecule has 0 aromatic heterocycles. The summed E-state index contributed by atoms with van der Waals surface area (Å²) in [6, 6.07) is 5.73. The Morgan fingerprint density at radius 1 is 1.35 bits per heavy atom. The molecule has 124 valence electrons. The highest BCUT2D eigenvalue weighted by Gasteiger charge is 2.20. The average molecular weight is 320 g/mol. The van der Waals surface area contributed by atoms with Crippen molar-refractivity contribution in [2.45, 2.75) is 26.5 Å². The van der Waals surface area contributed by atoms with Crippen LogP contribution in [-0.2, 0) is 20.7 Å².